The van der Waals surface area contributed by atoms with Crippen molar-refractivity contribution in [3.05, 3.63) is 35.5 Å². The molecule has 1 atom stereocenters. The second kappa shape index (κ2) is 5.93. The van der Waals surface area contributed by atoms with Crippen LogP contribution in [0.2, 0.25) is 0 Å². The van der Waals surface area contributed by atoms with E-state index in [9.17, 15) is 9.50 Å². The zero-order valence-electron chi connectivity index (χ0n) is 11.1. The Bertz CT molecular complexity index is 554. The highest BCUT2D eigenvalue weighted by atomic mass is 19.1. The van der Waals surface area contributed by atoms with Crippen molar-refractivity contribution in [1.82, 2.24) is 10.1 Å². The molecule has 19 heavy (non-hydrogen) atoms. The molecule has 0 aliphatic heterocycles. The molecule has 2 aromatic rings. The zero-order valence-corrected chi connectivity index (χ0v) is 11.1. The van der Waals surface area contributed by atoms with Crippen molar-refractivity contribution in [3.8, 4) is 11.4 Å². The fourth-order valence-electron chi connectivity index (χ4n) is 1.96. The predicted molar refractivity (Wildman–Crippen MR) is 69.0 cm³/mol. The maximum atomic E-state index is 13.0. The number of benzene rings is 1. The molecule has 1 aromatic carbocycles. The maximum Gasteiger partial charge on any atom is 0.229 e. The molecule has 0 spiro atoms. The van der Waals surface area contributed by atoms with Crippen LogP contribution in [0.15, 0.2) is 22.7 Å². The molecule has 0 saturated carbocycles. The van der Waals surface area contributed by atoms with Crippen LogP contribution in [0.3, 0.4) is 0 Å². The highest BCUT2D eigenvalue weighted by Gasteiger charge is 2.14. The number of hydrogen-bond donors (Lipinski definition) is 1. The highest BCUT2D eigenvalue weighted by Crippen LogP contribution is 2.21. The quantitative estimate of drug-likeness (QED) is 0.902. The highest BCUT2D eigenvalue weighted by molar-refractivity contribution is 5.59. The molecular weight excluding hydrogens is 247 g/mol. The van der Waals surface area contributed by atoms with Crippen LogP contribution in [0.4, 0.5) is 4.39 Å². The second-order valence-electron chi connectivity index (χ2n) is 4.62. The minimum Gasteiger partial charge on any atom is -0.393 e. The largest absolute Gasteiger partial charge is 0.393 e. The van der Waals surface area contributed by atoms with Crippen molar-refractivity contribution < 1.29 is 14.0 Å². The van der Waals surface area contributed by atoms with Crippen molar-refractivity contribution in [2.75, 3.05) is 0 Å². The van der Waals surface area contributed by atoms with Crippen molar-refractivity contribution in [3.63, 3.8) is 0 Å². The summed E-state index contributed by atoms with van der Waals surface area (Å²) in [5, 5.41) is 13.6. The normalized spacial score (nSPS) is 12.6. The fourth-order valence-corrected chi connectivity index (χ4v) is 1.96. The van der Waals surface area contributed by atoms with Gasteiger partial charge in [0.15, 0.2) is 0 Å². The first-order valence-electron chi connectivity index (χ1n) is 6.37. The number of aliphatic hydroxyl groups excluding tert-OH is 1. The molecule has 4 nitrogen and oxygen atoms in total. The first kappa shape index (κ1) is 13.7. The summed E-state index contributed by atoms with van der Waals surface area (Å²) in [4.78, 5) is 4.23. The van der Waals surface area contributed by atoms with Crippen LogP contribution < -0.4 is 0 Å². The van der Waals surface area contributed by atoms with E-state index >= 15 is 0 Å². The molecular formula is C14H17FN2O2. The number of hydrogen-bond acceptors (Lipinski definition) is 4. The number of aryl methyl sites for hydroxylation is 1. The SMILES string of the molecule is CCCC(O)Cc1nc(-c2ccc(F)cc2C)no1. The Labute approximate surface area is 111 Å². The topological polar surface area (TPSA) is 59.2 Å². The molecule has 1 aromatic heterocycles. The summed E-state index contributed by atoms with van der Waals surface area (Å²) in [5.41, 5.74) is 1.49. The third-order valence-electron chi connectivity index (χ3n) is 2.93. The van der Waals surface area contributed by atoms with Crippen molar-refractivity contribution in [2.45, 2.75) is 39.2 Å². The molecule has 0 fully saturated rings. The molecule has 1 heterocycles. The van der Waals surface area contributed by atoms with Crippen LogP contribution >= 0.6 is 0 Å². The summed E-state index contributed by atoms with van der Waals surface area (Å²) in [6.45, 7) is 3.80. The van der Waals surface area contributed by atoms with Crippen LogP contribution in [0.5, 0.6) is 0 Å². The number of nitrogens with zero attached hydrogens (tertiary/aromatic N) is 2. The first-order valence-corrected chi connectivity index (χ1v) is 6.37. The van der Waals surface area contributed by atoms with Gasteiger partial charge in [-0.3, -0.25) is 0 Å². The Morgan fingerprint density at radius 1 is 1.42 bits per heavy atom. The van der Waals surface area contributed by atoms with Crippen LogP contribution in [0.25, 0.3) is 11.4 Å². The van der Waals surface area contributed by atoms with Crippen LogP contribution in [0, 0.1) is 12.7 Å². The summed E-state index contributed by atoms with van der Waals surface area (Å²) in [7, 11) is 0. The third-order valence-corrected chi connectivity index (χ3v) is 2.93. The Morgan fingerprint density at radius 2 is 2.21 bits per heavy atom. The smallest absolute Gasteiger partial charge is 0.229 e. The van der Waals surface area contributed by atoms with Gasteiger partial charge in [0.1, 0.15) is 5.82 Å². The number of aromatic nitrogens is 2. The summed E-state index contributed by atoms with van der Waals surface area (Å²) < 4.78 is 18.1. The molecule has 0 radical (unpaired) electrons. The van der Waals surface area contributed by atoms with Crippen molar-refractivity contribution >= 4 is 0 Å². The van der Waals surface area contributed by atoms with Gasteiger partial charge in [-0.2, -0.15) is 4.98 Å². The van der Waals surface area contributed by atoms with Gasteiger partial charge in [0.25, 0.3) is 0 Å². The van der Waals surface area contributed by atoms with E-state index in [0.717, 1.165) is 17.5 Å². The van der Waals surface area contributed by atoms with Gasteiger partial charge >= 0.3 is 0 Å². The lowest BCUT2D eigenvalue weighted by Crippen LogP contribution is -2.09. The lowest BCUT2D eigenvalue weighted by molar-refractivity contribution is 0.152. The molecule has 102 valence electrons. The van der Waals surface area contributed by atoms with E-state index in [1.165, 1.54) is 12.1 Å². The standard InChI is InChI=1S/C14H17FN2O2/c1-3-4-11(18)8-13-16-14(17-19-13)12-6-5-10(15)7-9(12)2/h5-7,11,18H,3-4,8H2,1-2H3. The third kappa shape index (κ3) is 3.38. The van der Waals surface area contributed by atoms with Gasteiger partial charge in [0, 0.05) is 5.56 Å². The lowest BCUT2D eigenvalue weighted by atomic mass is 10.1. The van der Waals surface area contributed by atoms with Gasteiger partial charge in [-0.25, -0.2) is 4.39 Å². The molecule has 0 bridgehead atoms. The van der Waals surface area contributed by atoms with E-state index in [1.807, 2.05) is 6.92 Å². The number of rotatable bonds is 5. The average Bonchev–Trinajstić information content (AvgIpc) is 2.77. The van der Waals surface area contributed by atoms with Gasteiger partial charge in [0.05, 0.1) is 12.5 Å². The van der Waals surface area contributed by atoms with Crippen molar-refractivity contribution in [1.29, 1.82) is 0 Å². The van der Waals surface area contributed by atoms with Gasteiger partial charge < -0.3 is 9.63 Å². The number of halogens is 1. The summed E-state index contributed by atoms with van der Waals surface area (Å²) >= 11 is 0. The Hall–Kier alpha value is -1.75. The zero-order chi connectivity index (χ0) is 13.8. The molecule has 0 aliphatic carbocycles. The second-order valence-corrected chi connectivity index (χ2v) is 4.62. The van der Waals surface area contributed by atoms with E-state index in [0.29, 0.717) is 24.6 Å². The van der Waals surface area contributed by atoms with E-state index in [2.05, 4.69) is 10.1 Å². The minimum atomic E-state index is -0.465. The van der Waals surface area contributed by atoms with Gasteiger partial charge in [-0.1, -0.05) is 18.5 Å². The van der Waals surface area contributed by atoms with E-state index in [1.54, 1.807) is 13.0 Å². The Balaban J connectivity index is 2.16. The maximum absolute atomic E-state index is 13.0. The van der Waals surface area contributed by atoms with E-state index in [4.69, 9.17) is 4.52 Å². The molecule has 0 saturated heterocycles. The molecule has 1 unspecified atom stereocenters. The van der Waals surface area contributed by atoms with Gasteiger partial charge in [0.2, 0.25) is 11.7 Å². The average molecular weight is 264 g/mol. The van der Waals surface area contributed by atoms with Crippen LogP contribution in [0.1, 0.15) is 31.2 Å². The summed E-state index contributed by atoms with van der Waals surface area (Å²) in [6, 6.07) is 4.42. The van der Waals surface area contributed by atoms with E-state index in [-0.39, 0.29) is 5.82 Å². The van der Waals surface area contributed by atoms with Crippen LogP contribution in [-0.2, 0) is 6.42 Å². The van der Waals surface area contributed by atoms with Crippen LogP contribution in [-0.4, -0.2) is 21.4 Å². The summed E-state index contributed by atoms with van der Waals surface area (Å²) in [6.07, 6.45) is 1.49. The van der Waals surface area contributed by atoms with Gasteiger partial charge in [-0.05, 0) is 37.1 Å². The number of aliphatic hydroxyl groups is 1. The summed E-state index contributed by atoms with van der Waals surface area (Å²) in [5.74, 6) is 0.541. The monoisotopic (exact) mass is 264 g/mol. The van der Waals surface area contributed by atoms with Gasteiger partial charge in [-0.15, -0.1) is 0 Å². The Kier molecular flexibility index (Phi) is 4.27. The van der Waals surface area contributed by atoms with Crippen molar-refractivity contribution in [2.24, 2.45) is 0 Å². The molecule has 0 aliphatic rings. The lowest BCUT2D eigenvalue weighted by Gasteiger charge is -2.04. The Morgan fingerprint density at radius 3 is 2.89 bits per heavy atom. The molecule has 2 rings (SSSR count). The molecule has 0 amide bonds. The van der Waals surface area contributed by atoms with E-state index < -0.39 is 6.10 Å². The predicted octanol–water partition coefficient (Wildman–Crippen LogP) is 2.89. The fraction of sp³-hybridized carbons (Fsp3) is 0.429. The minimum absolute atomic E-state index is 0.289. The first-order chi connectivity index (χ1) is 9.10. The molecule has 1 N–H and O–H groups in total. The molecule has 5 heteroatoms.